The summed E-state index contributed by atoms with van der Waals surface area (Å²) < 4.78 is 10.7. The third-order valence-corrected chi connectivity index (χ3v) is 4.07. The molecule has 0 saturated carbocycles. The van der Waals surface area contributed by atoms with E-state index in [0.717, 1.165) is 11.1 Å². The molecule has 0 spiro atoms. The molecule has 0 radical (unpaired) electrons. The molecule has 8 heteroatoms. The smallest absolute Gasteiger partial charge is 0.317 e. The van der Waals surface area contributed by atoms with Crippen LogP contribution in [0.2, 0.25) is 0 Å². The molecule has 0 N–H and O–H groups in total. The molecule has 0 fully saturated rings. The van der Waals surface area contributed by atoms with Crippen molar-refractivity contribution in [3.8, 4) is 22.6 Å². The highest BCUT2D eigenvalue weighted by molar-refractivity contribution is 6.10. The topological polar surface area (TPSA) is 111 Å². The first kappa shape index (κ1) is 14.2. The predicted octanol–water partition coefficient (Wildman–Crippen LogP) is 2.80. The molecule has 0 saturated heterocycles. The highest BCUT2D eigenvalue weighted by Crippen LogP contribution is 2.49. The molecule has 0 unspecified atom stereocenters. The zero-order valence-corrected chi connectivity index (χ0v) is 12.1. The Morgan fingerprint density at radius 3 is 2.25 bits per heavy atom. The van der Waals surface area contributed by atoms with E-state index in [1.165, 1.54) is 18.2 Å². The lowest BCUT2D eigenvalue weighted by molar-refractivity contribution is 0.0991. The Kier molecular flexibility index (Phi) is 2.99. The summed E-state index contributed by atoms with van der Waals surface area (Å²) in [7, 11) is 0. The molecule has 1 heterocycles. The summed E-state index contributed by atoms with van der Waals surface area (Å²) in [5, 5.41) is 4.92. The molecule has 0 aromatic heterocycles. The van der Waals surface area contributed by atoms with Gasteiger partial charge in [-0.15, -0.1) is 9.81 Å². The molecule has 2 amide bonds. The summed E-state index contributed by atoms with van der Waals surface area (Å²) in [5.74, 6) is -1.35. The van der Waals surface area contributed by atoms with Crippen molar-refractivity contribution in [2.24, 2.45) is 10.4 Å². The van der Waals surface area contributed by atoms with Gasteiger partial charge in [0.2, 0.25) is 6.79 Å². The molecule has 2 aliphatic rings. The number of fused-ring (bicyclic) bond motifs is 2. The van der Waals surface area contributed by atoms with E-state index in [-0.39, 0.29) is 29.2 Å². The average molecular weight is 324 g/mol. The number of nitroso groups, excluding NO2 is 2. The van der Waals surface area contributed by atoms with Crippen molar-refractivity contribution in [1.82, 2.24) is 0 Å². The van der Waals surface area contributed by atoms with E-state index in [0.29, 0.717) is 17.7 Å². The van der Waals surface area contributed by atoms with Crippen LogP contribution in [0.3, 0.4) is 0 Å². The van der Waals surface area contributed by atoms with E-state index in [1.54, 1.807) is 6.07 Å². The van der Waals surface area contributed by atoms with Crippen molar-refractivity contribution in [3.05, 3.63) is 56.3 Å². The summed E-state index contributed by atoms with van der Waals surface area (Å²) in [4.78, 5) is 45.3. The number of nitrogens with zero attached hydrogens (tertiary/aromatic N) is 2. The fourth-order valence-electron chi connectivity index (χ4n) is 2.95. The molecular formula is C16H8N2O6. The van der Waals surface area contributed by atoms with Gasteiger partial charge in [0.1, 0.15) is 0 Å². The van der Waals surface area contributed by atoms with Crippen molar-refractivity contribution in [2.45, 2.75) is 6.42 Å². The maximum Gasteiger partial charge on any atom is 0.317 e. The van der Waals surface area contributed by atoms with E-state index in [1.807, 2.05) is 0 Å². The number of ether oxygens (including phenoxy) is 2. The van der Waals surface area contributed by atoms with Gasteiger partial charge in [0.25, 0.3) is 0 Å². The maximum absolute atomic E-state index is 11.9. The third kappa shape index (κ3) is 1.93. The molecule has 8 nitrogen and oxygen atoms in total. The van der Waals surface area contributed by atoms with Gasteiger partial charge >= 0.3 is 11.8 Å². The van der Waals surface area contributed by atoms with Crippen LogP contribution in [0.5, 0.6) is 11.5 Å². The van der Waals surface area contributed by atoms with Crippen LogP contribution in [0.15, 0.2) is 34.6 Å². The first-order valence-corrected chi connectivity index (χ1v) is 6.98. The molecular weight excluding hydrogens is 316 g/mol. The molecule has 1 aliphatic carbocycles. The molecule has 1 aliphatic heterocycles. The lowest BCUT2D eigenvalue weighted by Gasteiger charge is -2.12. The van der Waals surface area contributed by atoms with Crippen LogP contribution >= 0.6 is 0 Å². The van der Waals surface area contributed by atoms with Gasteiger partial charge in [0.15, 0.2) is 11.5 Å². The van der Waals surface area contributed by atoms with Gasteiger partial charge in [-0.25, -0.2) is 0 Å². The second-order valence-electron chi connectivity index (χ2n) is 5.32. The van der Waals surface area contributed by atoms with Gasteiger partial charge in [0, 0.05) is 21.5 Å². The Balaban J connectivity index is 2.07. The number of carbonyl (C=O) groups is 2. The normalized spacial score (nSPS) is 13.2. The van der Waals surface area contributed by atoms with Gasteiger partial charge < -0.3 is 9.47 Å². The highest BCUT2D eigenvalue weighted by Gasteiger charge is 2.34. The SMILES string of the molecule is O=NC(=O)c1ccc2c(c1-c1c(C(=O)N=O)ccc3c1OCO3)C2. The Bertz CT molecular complexity index is 950. The maximum atomic E-state index is 11.9. The molecule has 2 aromatic carbocycles. The van der Waals surface area contributed by atoms with Gasteiger partial charge in [-0.2, -0.15) is 0 Å². The number of carbonyl (C=O) groups excluding carboxylic acids is 2. The Morgan fingerprint density at radius 2 is 1.54 bits per heavy atom. The lowest BCUT2D eigenvalue weighted by atomic mass is 9.93. The van der Waals surface area contributed by atoms with Gasteiger partial charge in [-0.1, -0.05) is 6.07 Å². The monoisotopic (exact) mass is 324 g/mol. The van der Waals surface area contributed by atoms with Crippen LogP contribution in [0.4, 0.5) is 0 Å². The summed E-state index contributed by atoms with van der Waals surface area (Å²) in [6.45, 7) is -0.0568. The van der Waals surface area contributed by atoms with Gasteiger partial charge in [-0.05, 0) is 35.7 Å². The quantitative estimate of drug-likeness (QED) is 0.685. The second-order valence-corrected chi connectivity index (χ2v) is 5.32. The van der Waals surface area contributed by atoms with Gasteiger partial charge in [0.05, 0.1) is 11.1 Å². The Labute approximate surface area is 134 Å². The Hall–Kier alpha value is -3.42. The summed E-state index contributed by atoms with van der Waals surface area (Å²) >= 11 is 0. The van der Waals surface area contributed by atoms with Crippen molar-refractivity contribution < 1.29 is 19.1 Å². The number of rotatable bonds is 3. The molecule has 0 bridgehead atoms. The largest absolute Gasteiger partial charge is 0.454 e. The average Bonchev–Trinajstić information content (AvgIpc) is 3.25. The molecule has 24 heavy (non-hydrogen) atoms. The van der Waals surface area contributed by atoms with Crippen molar-refractivity contribution >= 4 is 11.8 Å². The fraction of sp³-hybridized carbons (Fsp3) is 0.125. The van der Waals surface area contributed by atoms with E-state index in [4.69, 9.17) is 9.47 Å². The molecule has 4 rings (SSSR count). The molecule has 0 atom stereocenters. The van der Waals surface area contributed by atoms with Crippen molar-refractivity contribution in [2.75, 3.05) is 6.79 Å². The summed E-state index contributed by atoms with van der Waals surface area (Å²) in [5.41, 5.74) is 2.40. The Morgan fingerprint density at radius 1 is 0.875 bits per heavy atom. The highest BCUT2D eigenvalue weighted by atomic mass is 16.7. The van der Waals surface area contributed by atoms with E-state index >= 15 is 0 Å². The minimum atomic E-state index is -1.00. The zero-order chi connectivity index (χ0) is 16.8. The zero-order valence-electron chi connectivity index (χ0n) is 12.1. The second kappa shape index (κ2) is 5.05. The fourth-order valence-corrected chi connectivity index (χ4v) is 2.95. The van der Waals surface area contributed by atoms with Crippen LogP contribution in [0.25, 0.3) is 11.1 Å². The number of benzene rings is 2. The van der Waals surface area contributed by atoms with E-state index < -0.39 is 11.8 Å². The minimum Gasteiger partial charge on any atom is -0.454 e. The van der Waals surface area contributed by atoms with Gasteiger partial charge in [-0.3, -0.25) is 9.59 Å². The van der Waals surface area contributed by atoms with Crippen LogP contribution in [0.1, 0.15) is 31.8 Å². The number of amides is 2. The third-order valence-electron chi connectivity index (χ3n) is 4.07. The predicted molar refractivity (Wildman–Crippen MR) is 81.1 cm³/mol. The van der Waals surface area contributed by atoms with Crippen LogP contribution in [0, 0.1) is 9.81 Å². The molecule has 118 valence electrons. The minimum absolute atomic E-state index is 0.0190. The summed E-state index contributed by atoms with van der Waals surface area (Å²) in [6.07, 6.45) is 0.605. The number of hydrogen-bond acceptors (Lipinski definition) is 6. The number of hydrogen-bond donors (Lipinski definition) is 0. The van der Waals surface area contributed by atoms with Crippen LogP contribution in [-0.4, -0.2) is 18.6 Å². The first-order chi connectivity index (χ1) is 11.7. The molecule has 2 aromatic rings. The van der Waals surface area contributed by atoms with E-state index in [9.17, 15) is 19.4 Å². The van der Waals surface area contributed by atoms with Crippen LogP contribution < -0.4 is 9.47 Å². The van der Waals surface area contributed by atoms with Crippen molar-refractivity contribution in [3.63, 3.8) is 0 Å². The standard InChI is InChI=1S/C16H8N2O6/c19-15(17-21)8-2-1-7-5-10(7)12(8)13-9(16(20)18-22)3-4-11-14(13)24-6-23-11/h1-4H,5-6H2. The van der Waals surface area contributed by atoms with Crippen molar-refractivity contribution in [1.29, 1.82) is 0 Å². The van der Waals surface area contributed by atoms with E-state index in [2.05, 4.69) is 10.4 Å². The summed E-state index contributed by atoms with van der Waals surface area (Å²) in [6, 6.07) is 6.07. The van der Waals surface area contributed by atoms with Crippen LogP contribution in [-0.2, 0) is 6.42 Å². The first-order valence-electron chi connectivity index (χ1n) is 6.98. The lowest BCUT2D eigenvalue weighted by Crippen LogP contribution is -2.04.